The number of nitrogens with one attached hydrogen (secondary N) is 1. The van der Waals surface area contributed by atoms with Crippen LogP contribution in [-0.2, 0) is 11.3 Å². The normalized spacial score (nSPS) is 21.0. The molecule has 0 spiro atoms. The molecule has 19 heavy (non-hydrogen) atoms. The van der Waals surface area contributed by atoms with Gasteiger partial charge >= 0.3 is 0 Å². The molecule has 0 aromatic carbocycles. The number of aromatic nitrogens is 2. The number of nitrogens with zero attached hydrogens (tertiary/aromatic N) is 2. The number of hydrogen-bond acceptors (Lipinski definition) is 3. The predicted octanol–water partition coefficient (Wildman–Crippen LogP) is 1.33. The first kappa shape index (κ1) is 14.1. The molecule has 0 radical (unpaired) electrons. The van der Waals surface area contributed by atoms with Crippen LogP contribution in [0, 0.1) is 5.41 Å². The summed E-state index contributed by atoms with van der Waals surface area (Å²) in [6, 6.07) is 1.78. The summed E-state index contributed by atoms with van der Waals surface area (Å²) in [4.78, 5) is 11.7. The lowest BCUT2D eigenvalue weighted by molar-refractivity contribution is -0.123. The Morgan fingerprint density at radius 2 is 2.05 bits per heavy atom. The monoisotopic (exact) mass is 265 g/mol. The minimum Gasteiger partial charge on any atom is -0.388 e. The molecule has 2 N–H and O–H groups in total. The summed E-state index contributed by atoms with van der Waals surface area (Å²) < 4.78 is 1.57. The fraction of sp³-hybridized carbons (Fsp3) is 0.714. The highest BCUT2D eigenvalue weighted by Crippen LogP contribution is 2.39. The van der Waals surface area contributed by atoms with E-state index < -0.39 is 5.60 Å². The number of rotatable bonds is 4. The summed E-state index contributed by atoms with van der Waals surface area (Å²) >= 11 is 0. The van der Waals surface area contributed by atoms with Gasteiger partial charge in [0.25, 0.3) is 0 Å². The van der Waals surface area contributed by atoms with Crippen molar-refractivity contribution < 1.29 is 9.90 Å². The lowest BCUT2D eigenvalue weighted by Gasteiger charge is -2.40. The molecule has 0 bridgehead atoms. The summed E-state index contributed by atoms with van der Waals surface area (Å²) in [5.74, 6) is -0.109. The lowest BCUT2D eigenvalue weighted by Crippen LogP contribution is -2.47. The van der Waals surface area contributed by atoms with Crippen LogP contribution in [0.25, 0.3) is 0 Å². The average molecular weight is 265 g/mol. The van der Waals surface area contributed by atoms with Crippen molar-refractivity contribution in [1.29, 1.82) is 0 Å². The zero-order valence-corrected chi connectivity index (χ0v) is 11.7. The Labute approximate surface area is 114 Å². The van der Waals surface area contributed by atoms with Gasteiger partial charge < -0.3 is 10.4 Å². The minimum atomic E-state index is -0.741. The van der Waals surface area contributed by atoms with Crippen LogP contribution in [0.4, 0.5) is 0 Å². The minimum absolute atomic E-state index is 0.109. The van der Waals surface area contributed by atoms with Crippen molar-refractivity contribution in [3.05, 3.63) is 18.5 Å². The molecule has 5 heteroatoms. The zero-order valence-electron chi connectivity index (χ0n) is 11.7. The summed E-state index contributed by atoms with van der Waals surface area (Å²) in [7, 11) is 0. The predicted molar refractivity (Wildman–Crippen MR) is 72.4 cm³/mol. The highest BCUT2D eigenvalue weighted by molar-refractivity contribution is 5.75. The van der Waals surface area contributed by atoms with E-state index in [9.17, 15) is 9.90 Å². The number of hydrogen-bond donors (Lipinski definition) is 2. The Morgan fingerprint density at radius 1 is 1.37 bits per heavy atom. The number of carbonyl (C=O) groups excluding carboxylic acids is 1. The molecule has 1 saturated carbocycles. The molecule has 1 heterocycles. The first-order valence-corrected chi connectivity index (χ1v) is 6.85. The van der Waals surface area contributed by atoms with Gasteiger partial charge in [0.15, 0.2) is 0 Å². The summed E-state index contributed by atoms with van der Waals surface area (Å²) in [6.07, 6.45) is 6.89. The van der Waals surface area contributed by atoms with Crippen LogP contribution in [0.3, 0.4) is 0 Å². The molecule has 5 nitrogen and oxygen atoms in total. The second-order valence-corrected chi connectivity index (χ2v) is 6.37. The molecule has 1 amide bonds. The van der Waals surface area contributed by atoms with Gasteiger partial charge in [0, 0.05) is 18.9 Å². The van der Waals surface area contributed by atoms with Crippen molar-refractivity contribution in [3.8, 4) is 0 Å². The van der Waals surface area contributed by atoms with Gasteiger partial charge in [-0.3, -0.25) is 9.48 Å². The average Bonchev–Trinajstić information content (AvgIpc) is 2.84. The van der Waals surface area contributed by atoms with Gasteiger partial charge in [-0.15, -0.1) is 0 Å². The number of carbonyl (C=O) groups is 1. The Kier molecular flexibility index (Phi) is 3.94. The van der Waals surface area contributed by atoms with Crippen molar-refractivity contribution >= 4 is 5.91 Å². The number of amides is 1. The van der Waals surface area contributed by atoms with Crippen molar-refractivity contribution in [2.75, 3.05) is 6.54 Å². The van der Waals surface area contributed by atoms with Gasteiger partial charge in [-0.1, -0.05) is 13.8 Å². The van der Waals surface area contributed by atoms with E-state index in [1.165, 1.54) is 0 Å². The highest BCUT2D eigenvalue weighted by atomic mass is 16.3. The van der Waals surface area contributed by atoms with E-state index in [1.807, 2.05) is 0 Å². The fourth-order valence-corrected chi connectivity index (χ4v) is 2.43. The molecule has 1 fully saturated rings. The van der Waals surface area contributed by atoms with Crippen molar-refractivity contribution in [2.45, 2.75) is 51.7 Å². The molecule has 0 atom stereocenters. The maximum atomic E-state index is 11.7. The molecule has 0 unspecified atom stereocenters. The van der Waals surface area contributed by atoms with E-state index in [1.54, 1.807) is 23.1 Å². The summed E-state index contributed by atoms with van der Waals surface area (Å²) in [6.45, 7) is 4.99. The smallest absolute Gasteiger partial charge is 0.241 e. The standard InChI is InChI=1S/C14H23N3O2/c1-13(2)4-6-14(19,7-5-13)11-15-12(18)10-17-9-3-8-16-17/h3,8-9,19H,4-7,10-11H2,1-2H3,(H,15,18). The Morgan fingerprint density at radius 3 is 2.63 bits per heavy atom. The maximum absolute atomic E-state index is 11.7. The van der Waals surface area contributed by atoms with Crippen LogP contribution in [-0.4, -0.2) is 32.9 Å². The summed E-state index contributed by atoms with van der Waals surface area (Å²) in [5, 5.41) is 17.2. The lowest BCUT2D eigenvalue weighted by atomic mass is 9.71. The molecule has 1 aliphatic rings. The van der Waals surface area contributed by atoms with Crippen LogP contribution in [0.15, 0.2) is 18.5 Å². The van der Waals surface area contributed by atoms with Crippen LogP contribution in [0.2, 0.25) is 0 Å². The zero-order chi connectivity index (χ0) is 13.9. The van der Waals surface area contributed by atoms with E-state index in [-0.39, 0.29) is 12.5 Å². The molecule has 0 aliphatic heterocycles. The Bertz CT molecular complexity index is 416. The van der Waals surface area contributed by atoms with E-state index in [0.29, 0.717) is 12.0 Å². The molecule has 106 valence electrons. The fourth-order valence-electron chi connectivity index (χ4n) is 2.43. The second kappa shape index (κ2) is 5.33. The first-order chi connectivity index (χ1) is 8.89. The molecular weight excluding hydrogens is 242 g/mol. The van der Waals surface area contributed by atoms with Gasteiger partial charge in [-0.05, 0) is 37.2 Å². The van der Waals surface area contributed by atoms with Gasteiger partial charge in [-0.25, -0.2) is 0 Å². The molecular formula is C14H23N3O2. The van der Waals surface area contributed by atoms with Gasteiger partial charge in [0.1, 0.15) is 6.54 Å². The summed E-state index contributed by atoms with van der Waals surface area (Å²) in [5.41, 5.74) is -0.430. The molecule has 1 aromatic rings. The Balaban J connectivity index is 1.77. The van der Waals surface area contributed by atoms with Gasteiger partial charge in [0.05, 0.1) is 5.60 Å². The SMILES string of the molecule is CC1(C)CCC(O)(CNC(=O)Cn2cccn2)CC1. The van der Waals surface area contributed by atoms with Crippen molar-refractivity contribution in [3.63, 3.8) is 0 Å². The van der Waals surface area contributed by atoms with E-state index in [2.05, 4.69) is 24.3 Å². The van der Waals surface area contributed by atoms with Crippen LogP contribution >= 0.6 is 0 Å². The van der Waals surface area contributed by atoms with E-state index in [4.69, 9.17) is 0 Å². The third-order valence-electron chi connectivity index (χ3n) is 4.01. The first-order valence-electron chi connectivity index (χ1n) is 6.85. The number of aliphatic hydroxyl groups is 1. The topological polar surface area (TPSA) is 67.2 Å². The van der Waals surface area contributed by atoms with Gasteiger partial charge in [0.2, 0.25) is 5.91 Å². The van der Waals surface area contributed by atoms with Gasteiger partial charge in [-0.2, -0.15) is 5.10 Å². The van der Waals surface area contributed by atoms with E-state index >= 15 is 0 Å². The third-order valence-corrected chi connectivity index (χ3v) is 4.01. The molecule has 0 saturated heterocycles. The van der Waals surface area contributed by atoms with Crippen LogP contribution in [0.1, 0.15) is 39.5 Å². The van der Waals surface area contributed by atoms with Crippen molar-refractivity contribution in [2.24, 2.45) is 5.41 Å². The molecule has 1 aromatic heterocycles. The van der Waals surface area contributed by atoms with Crippen LogP contribution in [0.5, 0.6) is 0 Å². The molecule has 2 rings (SSSR count). The molecule has 1 aliphatic carbocycles. The maximum Gasteiger partial charge on any atom is 0.241 e. The Hall–Kier alpha value is -1.36. The second-order valence-electron chi connectivity index (χ2n) is 6.37. The van der Waals surface area contributed by atoms with E-state index in [0.717, 1.165) is 25.7 Å². The van der Waals surface area contributed by atoms with Crippen LogP contribution < -0.4 is 5.32 Å². The third kappa shape index (κ3) is 4.06. The quantitative estimate of drug-likeness (QED) is 0.863. The largest absolute Gasteiger partial charge is 0.388 e. The highest BCUT2D eigenvalue weighted by Gasteiger charge is 2.36. The van der Waals surface area contributed by atoms with Crippen molar-refractivity contribution in [1.82, 2.24) is 15.1 Å².